The maximum atomic E-state index is 4.26. The molecule has 0 aliphatic rings. The number of para-hydroxylation sites is 1. The van der Waals surface area contributed by atoms with Crippen molar-refractivity contribution in [2.45, 2.75) is 19.3 Å². The van der Waals surface area contributed by atoms with Crippen LogP contribution in [0.25, 0.3) is 0 Å². The van der Waals surface area contributed by atoms with E-state index in [1.807, 2.05) is 24.9 Å². The molecule has 0 aliphatic heterocycles. The Hall–Kier alpha value is -1.36. The highest BCUT2D eigenvalue weighted by Crippen LogP contribution is 2.10. The molecule has 1 aromatic carbocycles. The molecule has 1 aromatic rings. The van der Waals surface area contributed by atoms with E-state index < -0.39 is 0 Å². The van der Waals surface area contributed by atoms with E-state index >= 15 is 0 Å². The van der Waals surface area contributed by atoms with Crippen molar-refractivity contribution >= 4 is 23.4 Å². The minimum absolute atomic E-state index is 0.909. The van der Waals surface area contributed by atoms with Gasteiger partial charge in [-0.05, 0) is 43.4 Å². The zero-order chi connectivity index (χ0) is 16.0. The quantitative estimate of drug-likeness (QED) is 0.395. The molecule has 124 valence electrons. The summed E-state index contributed by atoms with van der Waals surface area (Å²) in [6.07, 6.45) is 5.68. The lowest BCUT2D eigenvalue weighted by molar-refractivity contribution is 0.708. The number of benzene rings is 1. The Kier molecular flexibility index (Phi) is 10.4. The average Bonchev–Trinajstić information content (AvgIpc) is 2.57. The molecular formula is C17H30N4S. The van der Waals surface area contributed by atoms with Gasteiger partial charge in [0.25, 0.3) is 0 Å². The first kappa shape index (κ1) is 18.7. The molecule has 0 heterocycles. The number of anilines is 1. The van der Waals surface area contributed by atoms with E-state index in [2.05, 4.69) is 58.1 Å². The van der Waals surface area contributed by atoms with E-state index in [0.717, 1.165) is 32.0 Å². The van der Waals surface area contributed by atoms with Gasteiger partial charge in [-0.15, -0.1) is 0 Å². The van der Waals surface area contributed by atoms with Crippen LogP contribution in [0.1, 0.15) is 19.3 Å². The Balaban J connectivity index is 2.11. The first-order valence-electron chi connectivity index (χ1n) is 7.97. The van der Waals surface area contributed by atoms with Crippen LogP contribution in [0.5, 0.6) is 0 Å². The summed E-state index contributed by atoms with van der Waals surface area (Å²) in [5.41, 5.74) is 1.26. The zero-order valence-corrected chi connectivity index (χ0v) is 15.0. The molecule has 0 saturated carbocycles. The fraction of sp³-hybridized carbons (Fsp3) is 0.588. The summed E-state index contributed by atoms with van der Waals surface area (Å²) < 4.78 is 0. The molecule has 0 saturated heterocycles. The van der Waals surface area contributed by atoms with Crippen molar-refractivity contribution in [3.63, 3.8) is 0 Å². The molecule has 0 aliphatic carbocycles. The van der Waals surface area contributed by atoms with E-state index in [4.69, 9.17) is 0 Å². The molecule has 0 fully saturated rings. The lowest BCUT2D eigenvalue weighted by atomic mass is 10.3. The van der Waals surface area contributed by atoms with Crippen LogP contribution < -0.4 is 15.5 Å². The number of rotatable bonds is 10. The standard InChI is InChI=1S/C17H30N4S/c1-18-17(19-12-7-8-15-22-3)20-13-9-14-21(2)16-10-5-4-6-11-16/h4-6,10-11H,7-9,12-15H2,1-3H3,(H2,18,19,20). The Morgan fingerprint density at radius 2 is 1.77 bits per heavy atom. The van der Waals surface area contributed by atoms with Gasteiger partial charge in [0, 0.05) is 39.4 Å². The van der Waals surface area contributed by atoms with Crippen molar-refractivity contribution in [1.29, 1.82) is 0 Å². The molecule has 0 spiro atoms. The smallest absolute Gasteiger partial charge is 0.190 e. The minimum atomic E-state index is 0.909. The summed E-state index contributed by atoms with van der Waals surface area (Å²) in [6.45, 7) is 2.95. The highest BCUT2D eigenvalue weighted by molar-refractivity contribution is 7.98. The molecule has 0 aromatic heterocycles. The number of hydrogen-bond acceptors (Lipinski definition) is 3. The molecule has 0 amide bonds. The third-order valence-corrected chi connectivity index (χ3v) is 4.15. The SMILES string of the molecule is CN=C(NCCCCSC)NCCCN(C)c1ccccc1. The highest BCUT2D eigenvalue weighted by atomic mass is 32.2. The van der Waals surface area contributed by atoms with Gasteiger partial charge >= 0.3 is 0 Å². The number of hydrogen-bond donors (Lipinski definition) is 2. The Morgan fingerprint density at radius 1 is 1.09 bits per heavy atom. The molecule has 0 bridgehead atoms. The average molecular weight is 323 g/mol. The van der Waals surface area contributed by atoms with E-state index in [1.54, 1.807) is 0 Å². The summed E-state index contributed by atoms with van der Waals surface area (Å²) in [6, 6.07) is 10.5. The summed E-state index contributed by atoms with van der Waals surface area (Å²) in [4.78, 5) is 6.53. The van der Waals surface area contributed by atoms with Crippen molar-refractivity contribution in [2.24, 2.45) is 4.99 Å². The second-order valence-electron chi connectivity index (χ2n) is 5.24. The maximum absolute atomic E-state index is 4.26. The molecular weight excluding hydrogens is 292 g/mol. The van der Waals surface area contributed by atoms with Gasteiger partial charge in [-0.2, -0.15) is 11.8 Å². The van der Waals surface area contributed by atoms with Crippen LogP contribution >= 0.6 is 11.8 Å². The van der Waals surface area contributed by atoms with E-state index in [-0.39, 0.29) is 0 Å². The number of nitrogens with zero attached hydrogens (tertiary/aromatic N) is 2. The van der Waals surface area contributed by atoms with Crippen molar-refractivity contribution < 1.29 is 0 Å². The number of thioether (sulfide) groups is 1. The Bertz CT molecular complexity index is 408. The van der Waals surface area contributed by atoms with Gasteiger partial charge in [0.15, 0.2) is 5.96 Å². The molecule has 2 N–H and O–H groups in total. The van der Waals surface area contributed by atoms with Gasteiger partial charge in [0.2, 0.25) is 0 Å². The van der Waals surface area contributed by atoms with E-state index in [0.29, 0.717) is 0 Å². The predicted octanol–water partition coefficient (Wildman–Crippen LogP) is 2.82. The van der Waals surface area contributed by atoms with Crippen LogP contribution in [-0.2, 0) is 0 Å². The molecule has 4 nitrogen and oxygen atoms in total. The molecule has 0 unspecified atom stereocenters. The van der Waals surface area contributed by atoms with Gasteiger partial charge in [-0.25, -0.2) is 0 Å². The normalized spacial score (nSPS) is 11.3. The first-order chi connectivity index (χ1) is 10.8. The van der Waals surface area contributed by atoms with Crippen molar-refractivity contribution in [1.82, 2.24) is 10.6 Å². The number of unbranched alkanes of at least 4 members (excludes halogenated alkanes) is 1. The van der Waals surface area contributed by atoms with Crippen LogP contribution in [0.2, 0.25) is 0 Å². The third-order valence-electron chi connectivity index (χ3n) is 3.45. The van der Waals surface area contributed by atoms with Crippen molar-refractivity contribution in [3.05, 3.63) is 30.3 Å². The lowest BCUT2D eigenvalue weighted by Gasteiger charge is -2.19. The Labute approximate surface area is 139 Å². The third kappa shape index (κ3) is 8.17. The summed E-state index contributed by atoms with van der Waals surface area (Å²) in [5.74, 6) is 2.14. The topological polar surface area (TPSA) is 39.7 Å². The minimum Gasteiger partial charge on any atom is -0.375 e. The molecule has 0 atom stereocenters. The van der Waals surface area contributed by atoms with Gasteiger partial charge in [0.05, 0.1) is 0 Å². The van der Waals surface area contributed by atoms with Gasteiger partial charge in [0.1, 0.15) is 0 Å². The van der Waals surface area contributed by atoms with Crippen LogP contribution in [-0.4, -0.2) is 51.7 Å². The van der Waals surface area contributed by atoms with E-state index in [9.17, 15) is 0 Å². The van der Waals surface area contributed by atoms with Gasteiger partial charge in [-0.3, -0.25) is 4.99 Å². The fourth-order valence-electron chi connectivity index (χ4n) is 2.13. The van der Waals surface area contributed by atoms with Crippen LogP contribution in [0.3, 0.4) is 0 Å². The van der Waals surface area contributed by atoms with Crippen molar-refractivity contribution in [3.8, 4) is 0 Å². The van der Waals surface area contributed by atoms with Crippen LogP contribution in [0.15, 0.2) is 35.3 Å². The van der Waals surface area contributed by atoms with E-state index in [1.165, 1.54) is 24.3 Å². The van der Waals surface area contributed by atoms with Crippen molar-refractivity contribution in [2.75, 3.05) is 50.6 Å². The zero-order valence-electron chi connectivity index (χ0n) is 14.1. The van der Waals surface area contributed by atoms with Crippen LogP contribution in [0, 0.1) is 0 Å². The summed E-state index contributed by atoms with van der Waals surface area (Å²) in [5, 5.41) is 6.74. The summed E-state index contributed by atoms with van der Waals surface area (Å²) >= 11 is 1.91. The first-order valence-corrected chi connectivity index (χ1v) is 9.37. The maximum Gasteiger partial charge on any atom is 0.190 e. The fourth-order valence-corrected chi connectivity index (χ4v) is 2.63. The largest absolute Gasteiger partial charge is 0.375 e. The molecule has 5 heteroatoms. The predicted molar refractivity (Wildman–Crippen MR) is 101 cm³/mol. The number of guanidine groups is 1. The molecule has 0 radical (unpaired) electrons. The number of nitrogens with one attached hydrogen (secondary N) is 2. The second-order valence-corrected chi connectivity index (χ2v) is 6.22. The Morgan fingerprint density at radius 3 is 2.41 bits per heavy atom. The lowest BCUT2D eigenvalue weighted by Crippen LogP contribution is -2.39. The monoisotopic (exact) mass is 322 g/mol. The summed E-state index contributed by atoms with van der Waals surface area (Å²) in [7, 11) is 3.96. The molecule has 1 rings (SSSR count). The van der Waals surface area contributed by atoms with Gasteiger partial charge < -0.3 is 15.5 Å². The molecule has 22 heavy (non-hydrogen) atoms. The number of aliphatic imine (C=N–C) groups is 1. The highest BCUT2D eigenvalue weighted by Gasteiger charge is 2.00. The van der Waals surface area contributed by atoms with Gasteiger partial charge in [-0.1, -0.05) is 18.2 Å². The second kappa shape index (κ2) is 12.2. The van der Waals surface area contributed by atoms with Crippen LogP contribution in [0.4, 0.5) is 5.69 Å².